The van der Waals surface area contributed by atoms with E-state index in [1.165, 1.54) is 5.56 Å². The van der Waals surface area contributed by atoms with E-state index in [4.69, 9.17) is 5.26 Å². The van der Waals surface area contributed by atoms with Crippen LogP contribution in [0, 0.1) is 11.3 Å². The van der Waals surface area contributed by atoms with Crippen molar-refractivity contribution in [3.63, 3.8) is 0 Å². The van der Waals surface area contributed by atoms with Gasteiger partial charge < -0.3 is 4.90 Å². The molecule has 0 aliphatic rings. The number of pyridine rings is 1. The largest absolute Gasteiger partial charge is 0.302 e. The van der Waals surface area contributed by atoms with E-state index in [0.717, 1.165) is 25.9 Å². The van der Waals surface area contributed by atoms with Gasteiger partial charge >= 0.3 is 0 Å². The fourth-order valence-corrected chi connectivity index (χ4v) is 1.47. The molecule has 0 aromatic carbocycles. The van der Waals surface area contributed by atoms with Gasteiger partial charge in [0, 0.05) is 25.4 Å². The van der Waals surface area contributed by atoms with Crippen molar-refractivity contribution in [3.8, 4) is 6.07 Å². The molecule has 0 unspecified atom stereocenters. The molecule has 0 N–H and O–H groups in total. The molecule has 80 valence electrons. The van der Waals surface area contributed by atoms with Crippen LogP contribution in [0.25, 0.3) is 0 Å². The smallest absolute Gasteiger partial charge is 0.0621 e. The van der Waals surface area contributed by atoms with Crippen LogP contribution in [0.2, 0.25) is 0 Å². The molecule has 1 aromatic rings. The number of aromatic nitrogens is 1. The maximum absolute atomic E-state index is 8.39. The van der Waals surface area contributed by atoms with E-state index in [9.17, 15) is 0 Å². The lowest BCUT2D eigenvalue weighted by molar-refractivity contribution is 0.319. The van der Waals surface area contributed by atoms with Gasteiger partial charge in [0.1, 0.15) is 0 Å². The Morgan fingerprint density at radius 1 is 1.47 bits per heavy atom. The molecule has 0 aliphatic carbocycles. The minimum Gasteiger partial charge on any atom is -0.302 e. The quantitative estimate of drug-likeness (QED) is 0.665. The summed E-state index contributed by atoms with van der Waals surface area (Å²) in [5.74, 6) is 0. The summed E-state index contributed by atoms with van der Waals surface area (Å²) in [6.45, 7) is 1.97. The minimum atomic E-state index is 0.667. The lowest BCUT2D eigenvalue weighted by Gasteiger charge is -2.15. The Labute approximate surface area is 91.4 Å². The average molecular weight is 203 g/mol. The highest BCUT2D eigenvalue weighted by Crippen LogP contribution is 2.02. The molecule has 0 radical (unpaired) electrons. The highest BCUT2D eigenvalue weighted by Gasteiger charge is 1.99. The Morgan fingerprint density at radius 3 is 3.00 bits per heavy atom. The predicted octanol–water partition coefficient (Wildman–Crippen LogP) is 2.21. The first-order valence-electron chi connectivity index (χ1n) is 5.27. The molecular weight excluding hydrogens is 186 g/mol. The average Bonchev–Trinajstić information content (AvgIpc) is 2.26. The molecule has 0 aliphatic heterocycles. The van der Waals surface area contributed by atoms with Crippen molar-refractivity contribution in [2.75, 3.05) is 13.6 Å². The van der Waals surface area contributed by atoms with E-state index < -0.39 is 0 Å². The SMILES string of the molecule is CN(CCCCC#N)Cc1cccnc1. The van der Waals surface area contributed by atoms with Crippen molar-refractivity contribution < 1.29 is 0 Å². The van der Waals surface area contributed by atoms with Crippen LogP contribution in [-0.4, -0.2) is 23.5 Å². The van der Waals surface area contributed by atoms with E-state index in [0.29, 0.717) is 6.42 Å². The monoisotopic (exact) mass is 203 g/mol. The highest BCUT2D eigenvalue weighted by atomic mass is 15.1. The maximum atomic E-state index is 8.39. The second-order valence-electron chi connectivity index (χ2n) is 3.71. The van der Waals surface area contributed by atoms with E-state index in [-0.39, 0.29) is 0 Å². The molecule has 3 nitrogen and oxygen atoms in total. The molecule has 0 saturated heterocycles. The maximum Gasteiger partial charge on any atom is 0.0621 e. The third-order valence-electron chi connectivity index (χ3n) is 2.25. The second-order valence-corrected chi connectivity index (χ2v) is 3.71. The molecular formula is C12H17N3. The van der Waals surface area contributed by atoms with Crippen molar-refractivity contribution in [1.82, 2.24) is 9.88 Å². The minimum absolute atomic E-state index is 0.667. The molecule has 0 atom stereocenters. The van der Waals surface area contributed by atoms with Crippen molar-refractivity contribution in [3.05, 3.63) is 30.1 Å². The highest BCUT2D eigenvalue weighted by molar-refractivity contribution is 5.07. The van der Waals surface area contributed by atoms with Crippen molar-refractivity contribution in [1.29, 1.82) is 5.26 Å². The number of rotatable bonds is 6. The summed E-state index contributed by atoms with van der Waals surface area (Å²) < 4.78 is 0. The molecule has 0 saturated carbocycles. The summed E-state index contributed by atoms with van der Waals surface area (Å²) in [4.78, 5) is 6.34. The van der Waals surface area contributed by atoms with Crippen molar-refractivity contribution >= 4 is 0 Å². The van der Waals surface area contributed by atoms with E-state index in [1.807, 2.05) is 12.3 Å². The second kappa shape index (κ2) is 6.97. The van der Waals surface area contributed by atoms with Gasteiger partial charge in [-0.1, -0.05) is 6.07 Å². The molecule has 0 spiro atoms. The Bertz CT molecular complexity index is 302. The van der Waals surface area contributed by atoms with Crippen LogP contribution in [0.4, 0.5) is 0 Å². The lowest BCUT2D eigenvalue weighted by atomic mass is 10.2. The zero-order valence-corrected chi connectivity index (χ0v) is 9.19. The number of hydrogen-bond donors (Lipinski definition) is 0. The van der Waals surface area contributed by atoms with E-state index in [2.05, 4.69) is 29.1 Å². The van der Waals surface area contributed by atoms with Gasteiger partial charge in [-0.3, -0.25) is 4.98 Å². The van der Waals surface area contributed by atoms with Gasteiger partial charge in [0.05, 0.1) is 6.07 Å². The predicted molar refractivity (Wildman–Crippen MR) is 60.0 cm³/mol. The first kappa shape index (κ1) is 11.7. The molecule has 3 heteroatoms. The van der Waals surface area contributed by atoms with Crippen LogP contribution < -0.4 is 0 Å². The van der Waals surface area contributed by atoms with Crippen molar-refractivity contribution in [2.24, 2.45) is 0 Å². The first-order valence-corrected chi connectivity index (χ1v) is 5.27. The van der Waals surface area contributed by atoms with Gasteiger partial charge in [0.2, 0.25) is 0 Å². The first-order chi connectivity index (χ1) is 7.33. The third kappa shape index (κ3) is 5.14. The summed E-state index contributed by atoms with van der Waals surface area (Å²) in [6.07, 6.45) is 6.43. The molecule has 0 amide bonds. The van der Waals surface area contributed by atoms with E-state index in [1.54, 1.807) is 6.20 Å². The summed E-state index contributed by atoms with van der Waals surface area (Å²) in [5, 5.41) is 8.39. The molecule has 0 bridgehead atoms. The summed E-state index contributed by atoms with van der Waals surface area (Å²) in [5.41, 5.74) is 1.24. The van der Waals surface area contributed by atoms with Gasteiger partial charge in [-0.25, -0.2) is 0 Å². The molecule has 1 heterocycles. The van der Waals surface area contributed by atoms with Gasteiger partial charge in [-0.15, -0.1) is 0 Å². The number of hydrogen-bond acceptors (Lipinski definition) is 3. The summed E-state index contributed by atoms with van der Waals surface area (Å²) in [7, 11) is 2.10. The number of unbranched alkanes of at least 4 members (excludes halogenated alkanes) is 2. The summed E-state index contributed by atoms with van der Waals surface area (Å²) in [6, 6.07) is 6.20. The number of nitrogens with zero attached hydrogens (tertiary/aromatic N) is 3. The van der Waals surface area contributed by atoms with Gasteiger partial charge in [-0.05, 0) is 38.1 Å². The Hall–Kier alpha value is -1.40. The molecule has 1 rings (SSSR count). The van der Waals surface area contributed by atoms with E-state index >= 15 is 0 Å². The Kier molecular flexibility index (Phi) is 5.42. The third-order valence-corrected chi connectivity index (χ3v) is 2.25. The Balaban J connectivity index is 2.19. The fraction of sp³-hybridized carbons (Fsp3) is 0.500. The fourth-order valence-electron chi connectivity index (χ4n) is 1.47. The molecule has 0 fully saturated rings. The van der Waals surface area contributed by atoms with Crippen LogP contribution >= 0.6 is 0 Å². The van der Waals surface area contributed by atoms with Crippen LogP contribution in [0.15, 0.2) is 24.5 Å². The Morgan fingerprint density at radius 2 is 2.33 bits per heavy atom. The van der Waals surface area contributed by atoms with Crippen LogP contribution in [0.3, 0.4) is 0 Å². The van der Waals surface area contributed by atoms with Gasteiger partial charge in [-0.2, -0.15) is 5.26 Å². The van der Waals surface area contributed by atoms with Gasteiger partial charge in [0.15, 0.2) is 0 Å². The standard InChI is InChI=1S/C12H17N3/c1-15(9-4-2-3-7-13)11-12-6-5-8-14-10-12/h5-6,8,10H,2-4,9,11H2,1H3. The zero-order chi connectivity index (χ0) is 10.9. The summed E-state index contributed by atoms with van der Waals surface area (Å²) >= 11 is 0. The topological polar surface area (TPSA) is 39.9 Å². The van der Waals surface area contributed by atoms with Crippen LogP contribution in [-0.2, 0) is 6.54 Å². The normalized spacial score (nSPS) is 10.2. The lowest BCUT2D eigenvalue weighted by Crippen LogP contribution is -2.19. The van der Waals surface area contributed by atoms with Gasteiger partial charge in [0.25, 0.3) is 0 Å². The van der Waals surface area contributed by atoms with Crippen LogP contribution in [0.5, 0.6) is 0 Å². The number of nitriles is 1. The zero-order valence-electron chi connectivity index (χ0n) is 9.19. The van der Waals surface area contributed by atoms with Crippen molar-refractivity contribution in [2.45, 2.75) is 25.8 Å². The molecule has 1 aromatic heterocycles. The molecule has 15 heavy (non-hydrogen) atoms. The van der Waals surface area contributed by atoms with Crippen LogP contribution in [0.1, 0.15) is 24.8 Å².